The van der Waals surface area contributed by atoms with Crippen molar-refractivity contribution in [3.05, 3.63) is 65.0 Å². The molecule has 2 aromatic rings. The molecule has 2 heterocycles. The molecular weight excluding hydrogens is 256 g/mol. The second kappa shape index (κ2) is 5.63. The molecule has 0 aliphatic carbocycles. The Morgan fingerprint density at radius 2 is 1.30 bits per heavy atom. The van der Waals surface area contributed by atoms with E-state index in [9.17, 15) is 9.59 Å². The van der Waals surface area contributed by atoms with Gasteiger partial charge >= 0.3 is 0 Å². The first-order chi connectivity index (χ1) is 9.50. The molecular formula is C15H14N2O3. The molecule has 0 saturated heterocycles. The topological polar surface area (TPSA) is 70.5 Å². The predicted molar refractivity (Wildman–Crippen MR) is 72.4 cm³/mol. The van der Waals surface area contributed by atoms with Crippen LogP contribution in [0.1, 0.15) is 32.1 Å². The van der Waals surface area contributed by atoms with Gasteiger partial charge in [-0.25, -0.2) is 0 Å². The van der Waals surface area contributed by atoms with Crippen LogP contribution in [-0.4, -0.2) is 27.1 Å². The third kappa shape index (κ3) is 2.73. The van der Waals surface area contributed by atoms with Crippen LogP contribution in [0, 0.1) is 13.8 Å². The van der Waals surface area contributed by atoms with Gasteiger partial charge in [-0.05, 0) is 38.1 Å². The summed E-state index contributed by atoms with van der Waals surface area (Å²) in [4.78, 5) is 26.3. The van der Waals surface area contributed by atoms with Gasteiger partial charge in [0.2, 0.25) is 0 Å². The molecule has 2 amide bonds. The van der Waals surface area contributed by atoms with E-state index in [-0.39, 0.29) is 16.2 Å². The minimum atomic E-state index is -0.657. The third-order valence-electron chi connectivity index (χ3n) is 2.80. The summed E-state index contributed by atoms with van der Waals surface area (Å²) in [6, 6.07) is 12.3. The van der Waals surface area contributed by atoms with Gasteiger partial charge in [-0.3, -0.25) is 19.8 Å². The summed E-state index contributed by atoms with van der Waals surface area (Å²) in [5.41, 5.74) is 2.69. The minimum absolute atomic E-state index is 0.130. The van der Waals surface area contributed by atoms with Crippen LogP contribution in [0.25, 0.3) is 0 Å². The number of imide groups is 1. The number of rotatable bonds is 0. The van der Waals surface area contributed by atoms with E-state index >= 15 is 0 Å². The van der Waals surface area contributed by atoms with Gasteiger partial charge in [-0.1, -0.05) is 18.2 Å². The van der Waals surface area contributed by atoms with Gasteiger partial charge in [0.1, 0.15) is 0 Å². The quantitative estimate of drug-likeness (QED) is 0.589. The summed E-state index contributed by atoms with van der Waals surface area (Å²) in [6.07, 6.45) is 0. The van der Waals surface area contributed by atoms with Crippen molar-refractivity contribution < 1.29 is 14.8 Å². The number of fused-ring (bicyclic) bond motifs is 1. The minimum Gasteiger partial charge on any atom is -0.278 e. The highest BCUT2D eigenvalue weighted by Crippen LogP contribution is 2.19. The van der Waals surface area contributed by atoms with Crippen LogP contribution >= 0.6 is 0 Å². The van der Waals surface area contributed by atoms with Crippen LogP contribution in [0.15, 0.2) is 42.5 Å². The highest BCUT2D eigenvalue weighted by atomic mass is 16.5. The first-order valence-electron chi connectivity index (χ1n) is 6.07. The number of aromatic nitrogens is 1. The summed E-state index contributed by atoms with van der Waals surface area (Å²) in [6.45, 7) is 3.99. The van der Waals surface area contributed by atoms with Crippen LogP contribution in [0.3, 0.4) is 0 Å². The van der Waals surface area contributed by atoms with Crippen molar-refractivity contribution in [3.63, 3.8) is 0 Å². The average Bonchev–Trinajstić information content (AvgIpc) is 2.65. The Morgan fingerprint density at radius 1 is 0.850 bits per heavy atom. The molecule has 3 rings (SSSR count). The molecule has 20 heavy (non-hydrogen) atoms. The lowest BCUT2D eigenvalue weighted by atomic mass is 10.1. The number of nitrogens with zero attached hydrogens (tertiary/aromatic N) is 2. The molecule has 1 aliphatic heterocycles. The second-order valence-corrected chi connectivity index (χ2v) is 4.39. The molecule has 102 valence electrons. The molecule has 0 bridgehead atoms. The van der Waals surface area contributed by atoms with Gasteiger partial charge in [0.15, 0.2) is 0 Å². The Labute approximate surface area is 116 Å². The van der Waals surface area contributed by atoms with E-state index in [1.54, 1.807) is 12.1 Å². The molecule has 5 heteroatoms. The number of carbonyl (C=O) groups excluding carboxylic acids is 2. The molecule has 0 spiro atoms. The van der Waals surface area contributed by atoms with Crippen molar-refractivity contribution in [1.82, 2.24) is 10.0 Å². The van der Waals surface area contributed by atoms with Crippen molar-refractivity contribution in [3.8, 4) is 0 Å². The third-order valence-corrected chi connectivity index (χ3v) is 2.80. The number of benzene rings is 1. The predicted octanol–water partition coefficient (Wildman–Crippen LogP) is 2.37. The van der Waals surface area contributed by atoms with Crippen LogP contribution in [-0.2, 0) is 0 Å². The van der Waals surface area contributed by atoms with E-state index in [1.165, 1.54) is 12.1 Å². The van der Waals surface area contributed by atoms with Crippen LogP contribution in [0.5, 0.6) is 0 Å². The molecule has 0 unspecified atom stereocenters. The van der Waals surface area contributed by atoms with E-state index in [4.69, 9.17) is 5.21 Å². The molecule has 1 aromatic heterocycles. The fourth-order valence-electron chi connectivity index (χ4n) is 1.86. The maximum Gasteiger partial charge on any atom is 0.285 e. The molecule has 1 N–H and O–H groups in total. The lowest BCUT2D eigenvalue weighted by Crippen LogP contribution is -2.25. The van der Waals surface area contributed by atoms with E-state index < -0.39 is 11.8 Å². The smallest absolute Gasteiger partial charge is 0.278 e. The van der Waals surface area contributed by atoms with Gasteiger partial charge < -0.3 is 0 Å². The first kappa shape index (κ1) is 13.9. The molecule has 0 saturated carbocycles. The normalized spacial score (nSPS) is 12.8. The number of hydrogen-bond donors (Lipinski definition) is 1. The van der Waals surface area contributed by atoms with Gasteiger partial charge in [0.05, 0.1) is 11.1 Å². The van der Waals surface area contributed by atoms with Crippen LogP contribution in [0.2, 0.25) is 0 Å². The van der Waals surface area contributed by atoms with Gasteiger partial charge in [-0.2, -0.15) is 0 Å². The summed E-state index contributed by atoms with van der Waals surface area (Å²) >= 11 is 0. The average molecular weight is 270 g/mol. The first-order valence-corrected chi connectivity index (χ1v) is 6.07. The van der Waals surface area contributed by atoms with Gasteiger partial charge in [0, 0.05) is 11.4 Å². The van der Waals surface area contributed by atoms with E-state index in [2.05, 4.69) is 4.98 Å². The Morgan fingerprint density at radius 3 is 1.65 bits per heavy atom. The standard InChI is InChI=1S/C8H5NO3.C7H9N/c10-7-5-3-1-2-4-6(5)8(11)9(7)12;1-6-4-3-5-7(2)8-6/h1-4,12H;3-5H,1-2H3. The molecule has 1 aliphatic rings. The number of amides is 2. The molecule has 1 aromatic carbocycles. The second-order valence-electron chi connectivity index (χ2n) is 4.39. The number of aryl methyl sites for hydroxylation is 2. The van der Waals surface area contributed by atoms with Crippen LogP contribution in [0.4, 0.5) is 0 Å². The highest BCUT2D eigenvalue weighted by molar-refractivity contribution is 6.20. The maximum atomic E-state index is 11.1. The van der Waals surface area contributed by atoms with Crippen molar-refractivity contribution in [2.24, 2.45) is 0 Å². The number of hydroxylamine groups is 2. The zero-order valence-electron chi connectivity index (χ0n) is 11.2. The fraction of sp³-hybridized carbons (Fsp3) is 0.133. The summed E-state index contributed by atoms with van der Waals surface area (Å²) in [5, 5.41) is 9.05. The molecule has 0 fully saturated rings. The van der Waals surface area contributed by atoms with Gasteiger partial charge in [-0.15, -0.1) is 5.06 Å². The monoisotopic (exact) mass is 270 g/mol. The van der Waals surface area contributed by atoms with Crippen molar-refractivity contribution in [1.29, 1.82) is 0 Å². The lowest BCUT2D eigenvalue weighted by molar-refractivity contribution is -0.0327. The Kier molecular flexibility index (Phi) is 3.91. The van der Waals surface area contributed by atoms with Crippen molar-refractivity contribution in [2.45, 2.75) is 13.8 Å². The Bertz CT molecular complexity index is 615. The molecule has 5 nitrogen and oxygen atoms in total. The van der Waals surface area contributed by atoms with E-state index in [0.29, 0.717) is 0 Å². The van der Waals surface area contributed by atoms with E-state index in [0.717, 1.165) is 11.4 Å². The molecule has 0 atom stereocenters. The fourth-order valence-corrected chi connectivity index (χ4v) is 1.86. The van der Waals surface area contributed by atoms with Crippen molar-refractivity contribution >= 4 is 11.8 Å². The Hall–Kier alpha value is -2.53. The molecule has 0 radical (unpaired) electrons. The number of carbonyl (C=O) groups is 2. The maximum absolute atomic E-state index is 11.1. The SMILES string of the molecule is Cc1cccc(C)n1.O=C1c2ccccc2C(=O)N1O. The van der Waals surface area contributed by atoms with Crippen LogP contribution < -0.4 is 0 Å². The summed E-state index contributed by atoms with van der Waals surface area (Å²) in [7, 11) is 0. The van der Waals surface area contributed by atoms with Crippen molar-refractivity contribution in [2.75, 3.05) is 0 Å². The Balaban J connectivity index is 0.000000160. The highest BCUT2D eigenvalue weighted by Gasteiger charge is 2.33. The lowest BCUT2D eigenvalue weighted by Gasteiger charge is -1.99. The number of hydrogen-bond acceptors (Lipinski definition) is 4. The zero-order valence-corrected chi connectivity index (χ0v) is 11.2. The van der Waals surface area contributed by atoms with E-state index in [1.807, 2.05) is 32.0 Å². The number of pyridine rings is 1. The van der Waals surface area contributed by atoms with Gasteiger partial charge in [0.25, 0.3) is 11.8 Å². The summed E-state index contributed by atoms with van der Waals surface area (Å²) in [5.74, 6) is -1.31. The summed E-state index contributed by atoms with van der Waals surface area (Å²) < 4.78 is 0. The largest absolute Gasteiger partial charge is 0.285 e. The zero-order chi connectivity index (χ0) is 14.7.